The van der Waals surface area contributed by atoms with Gasteiger partial charge in [0.2, 0.25) is 5.91 Å². The maximum absolute atomic E-state index is 12.3. The third kappa shape index (κ3) is 41.8. The summed E-state index contributed by atoms with van der Waals surface area (Å²) in [6.07, 6.45) is 70.4. The molecule has 0 heterocycles. The third-order valence-electron chi connectivity index (χ3n) is 9.17. The molecule has 0 aromatic rings. The summed E-state index contributed by atoms with van der Waals surface area (Å²) < 4.78 is 0. The Bertz CT molecular complexity index is 1130. The van der Waals surface area contributed by atoms with Crippen LogP contribution in [-0.2, 0) is 4.79 Å². The number of unbranched alkanes of at least 4 members (excludes halogenated alkanes) is 13. The van der Waals surface area contributed by atoms with Gasteiger partial charge in [-0.25, -0.2) is 0 Å². The molecule has 0 radical (unpaired) electrons. The second kappa shape index (κ2) is 45.2. The van der Waals surface area contributed by atoms with Gasteiger partial charge in [-0.2, -0.15) is 0 Å². The van der Waals surface area contributed by atoms with Crippen LogP contribution in [-0.4, -0.2) is 34.9 Å². The summed E-state index contributed by atoms with van der Waals surface area (Å²) in [7, 11) is 0. The van der Waals surface area contributed by atoms with Crippen LogP contribution in [0.2, 0.25) is 0 Å². The monoisotopic (exact) mass is 758 g/mol. The Balaban J connectivity index is 3.61. The van der Waals surface area contributed by atoms with Crippen LogP contribution in [0.5, 0.6) is 0 Å². The Morgan fingerprint density at radius 2 is 0.764 bits per heavy atom. The zero-order valence-corrected chi connectivity index (χ0v) is 35.4. The lowest BCUT2D eigenvalue weighted by atomic mass is 10.0. The smallest absolute Gasteiger partial charge is 0.220 e. The van der Waals surface area contributed by atoms with Gasteiger partial charge in [0.25, 0.3) is 0 Å². The minimum absolute atomic E-state index is 0.0908. The van der Waals surface area contributed by atoms with Gasteiger partial charge in [-0.1, -0.05) is 193 Å². The maximum Gasteiger partial charge on any atom is 0.220 e. The molecule has 0 fully saturated rings. The van der Waals surface area contributed by atoms with Gasteiger partial charge in [0.1, 0.15) is 0 Å². The molecule has 0 rings (SSSR count). The number of hydrogen-bond donors (Lipinski definition) is 3. The predicted molar refractivity (Wildman–Crippen MR) is 243 cm³/mol. The molecule has 1 amide bonds. The minimum Gasteiger partial charge on any atom is -0.394 e. The Morgan fingerprint density at radius 3 is 1.20 bits per heavy atom. The second-order valence-corrected chi connectivity index (χ2v) is 14.3. The zero-order chi connectivity index (χ0) is 40.0. The quantitative estimate of drug-likeness (QED) is 0.0434. The molecule has 2 unspecified atom stereocenters. The molecular formula is C51H83NO3. The number of hydrogen-bond acceptors (Lipinski definition) is 3. The molecule has 0 aromatic heterocycles. The first kappa shape index (κ1) is 51.8. The number of carbonyl (C=O) groups excluding carboxylic acids is 1. The minimum atomic E-state index is -0.876. The summed E-state index contributed by atoms with van der Waals surface area (Å²) in [6, 6.07) is -0.653. The Hall–Kier alpha value is -3.21. The average Bonchev–Trinajstić information content (AvgIpc) is 3.19. The topological polar surface area (TPSA) is 69.6 Å². The van der Waals surface area contributed by atoms with Crippen LogP contribution in [0.25, 0.3) is 0 Å². The normalized spacial score (nSPS) is 14.2. The lowest BCUT2D eigenvalue weighted by Gasteiger charge is -2.19. The highest BCUT2D eigenvalue weighted by Gasteiger charge is 2.17. The van der Waals surface area contributed by atoms with Crippen LogP contribution in [0.1, 0.15) is 174 Å². The van der Waals surface area contributed by atoms with E-state index in [4.69, 9.17) is 0 Å². The highest BCUT2D eigenvalue weighted by molar-refractivity contribution is 5.76. The van der Waals surface area contributed by atoms with E-state index in [9.17, 15) is 15.0 Å². The van der Waals surface area contributed by atoms with Crippen LogP contribution >= 0.6 is 0 Å². The number of nitrogens with one attached hydrogen (secondary N) is 1. The van der Waals surface area contributed by atoms with Gasteiger partial charge in [-0.3, -0.25) is 4.79 Å². The summed E-state index contributed by atoms with van der Waals surface area (Å²) in [5, 5.41) is 22.8. The number of aliphatic hydroxyl groups excluding tert-OH is 2. The highest BCUT2D eigenvalue weighted by Crippen LogP contribution is 2.13. The molecule has 4 heteroatoms. The highest BCUT2D eigenvalue weighted by atomic mass is 16.3. The van der Waals surface area contributed by atoms with Crippen LogP contribution in [0.15, 0.2) is 122 Å². The Morgan fingerprint density at radius 1 is 0.436 bits per heavy atom. The summed E-state index contributed by atoms with van der Waals surface area (Å²) in [5.74, 6) is -0.0908. The van der Waals surface area contributed by atoms with E-state index in [2.05, 4.69) is 129 Å². The summed E-state index contributed by atoms with van der Waals surface area (Å²) >= 11 is 0. The van der Waals surface area contributed by atoms with Crippen molar-refractivity contribution in [1.29, 1.82) is 0 Å². The molecule has 55 heavy (non-hydrogen) atoms. The van der Waals surface area contributed by atoms with Gasteiger partial charge >= 0.3 is 0 Å². The van der Waals surface area contributed by atoms with E-state index >= 15 is 0 Å². The van der Waals surface area contributed by atoms with E-state index in [0.717, 1.165) is 96.3 Å². The van der Waals surface area contributed by atoms with Gasteiger partial charge in [0, 0.05) is 6.42 Å². The van der Waals surface area contributed by atoms with E-state index in [-0.39, 0.29) is 12.5 Å². The van der Waals surface area contributed by atoms with Gasteiger partial charge in [-0.05, 0) is 96.3 Å². The van der Waals surface area contributed by atoms with E-state index in [1.807, 2.05) is 6.08 Å². The molecule has 310 valence electrons. The molecule has 4 nitrogen and oxygen atoms in total. The molecule has 0 spiro atoms. The fourth-order valence-corrected chi connectivity index (χ4v) is 5.84. The Kier molecular flexibility index (Phi) is 42.5. The van der Waals surface area contributed by atoms with Crippen LogP contribution in [0.4, 0.5) is 0 Å². The largest absolute Gasteiger partial charge is 0.394 e. The molecule has 0 aromatic carbocycles. The summed E-state index contributed by atoms with van der Waals surface area (Å²) in [5.41, 5.74) is 0. The van der Waals surface area contributed by atoms with Crippen molar-refractivity contribution in [2.24, 2.45) is 0 Å². The van der Waals surface area contributed by atoms with Crippen LogP contribution in [0.3, 0.4) is 0 Å². The average molecular weight is 758 g/mol. The summed E-state index contributed by atoms with van der Waals surface area (Å²) in [6.45, 7) is 4.03. The second-order valence-electron chi connectivity index (χ2n) is 14.3. The molecule has 0 aliphatic heterocycles. The van der Waals surface area contributed by atoms with Crippen molar-refractivity contribution in [2.45, 2.75) is 187 Å². The van der Waals surface area contributed by atoms with Gasteiger partial charge in [0.15, 0.2) is 0 Å². The predicted octanol–water partition coefficient (Wildman–Crippen LogP) is 14.2. The zero-order valence-electron chi connectivity index (χ0n) is 35.4. The fraction of sp³-hybridized carbons (Fsp3) is 0.588. The molecule has 0 bridgehead atoms. The van der Waals surface area contributed by atoms with E-state index < -0.39 is 12.1 Å². The standard InChI is InChI=1S/C51H83NO3/c1-3-5-7-9-11-13-15-16-17-18-19-20-21-22-23-24-25-26-27-28-29-30-31-32-33-34-35-36-37-39-41-43-45-47-51(55)52-49(48-53)50(54)46-44-42-40-38-14-12-10-8-6-4-2/h5-8,11,13-14,16-17,19-20,22-23,25-26,28-29,38,44,46,49-50,53-54H,3-4,9-10,12,15,18,21,24,27,30-37,39-43,45,47-48H2,1-2H3,(H,52,55)/b7-5-,8-6+,13-11-,17-16-,20-19-,23-22-,26-25-,29-28-,38-14+,46-44+. The molecule has 0 saturated heterocycles. The molecule has 3 N–H and O–H groups in total. The first-order valence-electron chi connectivity index (χ1n) is 22.2. The number of allylic oxidation sites excluding steroid dienone is 19. The molecule has 2 atom stereocenters. The lowest BCUT2D eigenvalue weighted by molar-refractivity contribution is -0.123. The van der Waals surface area contributed by atoms with Crippen molar-refractivity contribution in [3.63, 3.8) is 0 Å². The van der Waals surface area contributed by atoms with E-state index in [1.165, 1.54) is 57.8 Å². The van der Waals surface area contributed by atoms with Crippen molar-refractivity contribution in [3.05, 3.63) is 122 Å². The molecular weight excluding hydrogens is 675 g/mol. The lowest BCUT2D eigenvalue weighted by Crippen LogP contribution is -2.45. The number of carbonyl (C=O) groups is 1. The van der Waals surface area contributed by atoms with Crippen molar-refractivity contribution in [2.75, 3.05) is 6.61 Å². The van der Waals surface area contributed by atoms with Gasteiger partial charge < -0.3 is 15.5 Å². The van der Waals surface area contributed by atoms with E-state index in [1.54, 1.807) is 6.08 Å². The summed E-state index contributed by atoms with van der Waals surface area (Å²) in [4.78, 5) is 12.3. The van der Waals surface area contributed by atoms with Crippen molar-refractivity contribution >= 4 is 5.91 Å². The Labute approximate surface area is 339 Å². The van der Waals surface area contributed by atoms with Crippen molar-refractivity contribution in [3.8, 4) is 0 Å². The third-order valence-corrected chi connectivity index (χ3v) is 9.17. The first-order chi connectivity index (χ1) is 27.2. The number of amides is 1. The van der Waals surface area contributed by atoms with Crippen LogP contribution in [0, 0.1) is 0 Å². The van der Waals surface area contributed by atoms with E-state index in [0.29, 0.717) is 6.42 Å². The number of aliphatic hydroxyl groups is 2. The molecule has 0 aliphatic carbocycles. The maximum atomic E-state index is 12.3. The van der Waals surface area contributed by atoms with Gasteiger partial charge in [0.05, 0.1) is 18.8 Å². The van der Waals surface area contributed by atoms with Gasteiger partial charge in [-0.15, -0.1) is 0 Å². The molecule has 0 aliphatic rings. The van der Waals surface area contributed by atoms with Crippen LogP contribution < -0.4 is 5.32 Å². The van der Waals surface area contributed by atoms with Crippen molar-refractivity contribution < 1.29 is 15.0 Å². The number of rotatable bonds is 38. The molecule has 0 saturated carbocycles. The van der Waals surface area contributed by atoms with Crippen molar-refractivity contribution in [1.82, 2.24) is 5.32 Å². The SMILES string of the molecule is CC/C=C\C/C=C\C/C=C\C/C=C\C/C=C\C/C=C\C/C=C\CCCCCCCCCCCCCC(=O)NC(CO)C(O)/C=C/CC/C=C/CC/C=C/CC. The fourth-order valence-electron chi connectivity index (χ4n) is 5.84. The first-order valence-corrected chi connectivity index (χ1v) is 22.2.